The van der Waals surface area contributed by atoms with Gasteiger partial charge in [0.05, 0.1) is 12.8 Å². The average molecular weight is 288 g/mol. The smallest absolute Gasteiger partial charge is 0.289 e. The monoisotopic (exact) mass is 287 g/mol. The molecule has 0 aromatic carbocycles. The predicted molar refractivity (Wildman–Crippen MR) is 72.4 cm³/mol. The van der Waals surface area contributed by atoms with Crippen LogP contribution in [0.1, 0.15) is 10.6 Å². The van der Waals surface area contributed by atoms with Gasteiger partial charge in [-0.05, 0) is 19.2 Å². The lowest BCUT2D eigenvalue weighted by Crippen LogP contribution is -2.52. The van der Waals surface area contributed by atoms with Crippen LogP contribution in [0.2, 0.25) is 0 Å². The molecular formula is C12H18ClN3O3. The highest BCUT2D eigenvalue weighted by atomic mass is 35.5. The van der Waals surface area contributed by atoms with Crippen LogP contribution in [0, 0.1) is 0 Å². The Bertz CT molecular complexity index is 414. The maximum absolute atomic E-state index is 12.0. The van der Waals surface area contributed by atoms with Gasteiger partial charge in [-0.25, -0.2) is 0 Å². The Morgan fingerprint density at radius 2 is 1.89 bits per heavy atom. The zero-order chi connectivity index (χ0) is 13.0. The van der Waals surface area contributed by atoms with Crippen molar-refractivity contribution in [1.29, 1.82) is 0 Å². The molecule has 0 atom stereocenters. The van der Waals surface area contributed by atoms with Gasteiger partial charge in [-0.1, -0.05) is 0 Å². The molecule has 2 rings (SSSR count). The summed E-state index contributed by atoms with van der Waals surface area (Å²) in [6, 6.07) is 3.35. The normalized spacial score (nSPS) is 15.0. The van der Waals surface area contributed by atoms with E-state index in [9.17, 15) is 9.59 Å². The number of piperazine rings is 1. The van der Waals surface area contributed by atoms with E-state index in [1.807, 2.05) is 0 Å². The summed E-state index contributed by atoms with van der Waals surface area (Å²) in [6.45, 7) is 2.59. The summed E-state index contributed by atoms with van der Waals surface area (Å²) in [4.78, 5) is 27.1. The number of furan rings is 1. The minimum atomic E-state index is -0.110. The van der Waals surface area contributed by atoms with Crippen molar-refractivity contribution in [3.05, 3.63) is 24.2 Å². The van der Waals surface area contributed by atoms with Crippen molar-refractivity contribution in [2.24, 2.45) is 0 Å². The van der Waals surface area contributed by atoms with Crippen LogP contribution in [0.5, 0.6) is 0 Å². The maximum Gasteiger partial charge on any atom is 0.289 e. The largest absolute Gasteiger partial charge is 0.459 e. The number of carbonyl (C=O) groups excluding carboxylic acids is 2. The van der Waals surface area contributed by atoms with Crippen molar-refractivity contribution in [1.82, 2.24) is 15.1 Å². The number of amides is 2. The van der Waals surface area contributed by atoms with Gasteiger partial charge in [0, 0.05) is 26.2 Å². The van der Waals surface area contributed by atoms with Crippen LogP contribution in [-0.4, -0.2) is 61.4 Å². The summed E-state index contributed by atoms with van der Waals surface area (Å²) < 4.78 is 5.08. The highest BCUT2D eigenvalue weighted by Gasteiger charge is 2.25. The molecule has 2 amide bonds. The lowest BCUT2D eigenvalue weighted by molar-refractivity contribution is -0.131. The predicted octanol–water partition coefficient (Wildman–Crippen LogP) is 0.205. The zero-order valence-electron chi connectivity index (χ0n) is 10.8. The molecule has 1 aromatic heterocycles. The molecule has 106 valence electrons. The van der Waals surface area contributed by atoms with Crippen LogP contribution < -0.4 is 5.32 Å². The van der Waals surface area contributed by atoms with Gasteiger partial charge < -0.3 is 19.5 Å². The summed E-state index contributed by atoms with van der Waals surface area (Å²) in [6.07, 6.45) is 1.49. The Labute approximate surface area is 118 Å². The molecule has 1 saturated heterocycles. The molecule has 6 nitrogen and oxygen atoms in total. The number of hydrogen-bond acceptors (Lipinski definition) is 4. The van der Waals surface area contributed by atoms with E-state index in [1.165, 1.54) is 6.26 Å². The number of halogens is 1. The molecule has 0 bridgehead atoms. The van der Waals surface area contributed by atoms with Gasteiger partial charge in [0.2, 0.25) is 5.91 Å². The number of rotatable bonds is 3. The third-order valence-electron chi connectivity index (χ3n) is 2.98. The first-order valence-corrected chi connectivity index (χ1v) is 5.97. The van der Waals surface area contributed by atoms with Gasteiger partial charge in [-0.15, -0.1) is 12.4 Å². The van der Waals surface area contributed by atoms with E-state index < -0.39 is 0 Å². The van der Waals surface area contributed by atoms with Crippen molar-refractivity contribution in [2.75, 3.05) is 39.8 Å². The van der Waals surface area contributed by atoms with Gasteiger partial charge in [-0.3, -0.25) is 9.59 Å². The molecule has 1 aliphatic rings. The molecule has 7 heteroatoms. The number of nitrogens with one attached hydrogen (secondary N) is 1. The molecule has 1 N–H and O–H groups in total. The average Bonchev–Trinajstić information content (AvgIpc) is 2.92. The molecule has 0 aliphatic carbocycles. The van der Waals surface area contributed by atoms with E-state index in [0.29, 0.717) is 38.5 Å². The van der Waals surface area contributed by atoms with Gasteiger partial charge in [0.25, 0.3) is 5.91 Å². The Balaban J connectivity index is 0.00000180. The fourth-order valence-electron chi connectivity index (χ4n) is 1.98. The van der Waals surface area contributed by atoms with Crippen LogP contribution in [0.4, 0.5) is 0 Å². The summed E-state index contributed by atoms with van der Waals surface area (Å²) >= 11 is 0. The standard InChI is InChI=1S/C12H17N3O3.ClH/c1-13-9-11(16)14-4-6-15(7-5-14)12(17)10-3-2-8-18-10;/h2-3,8,13H,4-7,9H2,1H3;1H. The van der Waals surface area contributed by atoms with Gasteiger partial charge in [0.15, 0.2) is 5.76 Å². The molecule has 1 aliphatic heterocycles. The number of likely N-dealkylation sites (N-methyl/N-ethyl adjacent to an activating group) is 1. The van der Waals surface area contributed by atoms with Crippen LogP contribution in [-0.2, 0) is 4.79 Å². The molecule has 1 fully saturated rings. The summed E-state index contributed by atoms with van der Waals surface area (Å²) in [7, 11) is 1.74. The SMILES string of the molecule is CNCC(=O)N1CCN(C(=O)c2ccco2)CC1.Cl. The van der Waals surface area contributed by atoms with E-state index >= 15 is 0 Å². The highest BCUT2D eigenvalue weighted by Crippen LogP contribution is 2.09. The Hall–Kier alpha value is -1.53. The molecule has 0 radical (unpaired) electrons. The van der Waals surface area contributed by atoms with Gasteiger partial charge in [-0.2, -0.15) is 0 Å². The summed E-state index contributed by atoms with van der Waals surface area (Å²) in [5.41, 5.74) is 0. The molecule has 0 unspecified atom stereocenters. The second-order valence-electron chi connectivity index (χ2n) is 4.18. The second kappa shape index (κ2) is 7.16. The molecular weight excluding hydrogens is 270 g/mol. The van der Waals surface area contributed by atoms with E-state index in [4.69, 9.17) is 4.42 Å². The number of carbonyl (C=O) groups is 2. The Kier molecular flexibility index (Phi) is 5.85. The van der Waals surface area contributed by atoms with E-state index in [0.717, 1.165) is 0 Å². The number of hydrogen-bond donors (Lipinski definition) is 1. The highest BCUT2D eigenvalue weighted by molar-refractivity contribution is 5.91. The van der Waals surface area contributed by atoms with Crippen molar-refractivity contribution >= 4 is 24.2 Å². The Morgan fingerprint density at radius 1 is 1.26 bits per heavy atom. The lowest BCUT2D eigenvalue weighted by Gasteiger charge is -2.34. The minimum Gasteiger partial charge on any atom is -0.459 e. The van der Waals surface area contributed by atoms with Crippen molar-refractivity contribution < 1.29 is 14.0 Å². The van der Waals surface area contributed by atoms with Crippen molar-refractivity contribution in [3.63, 3.8) is 0 Å². The fraction of sp³-hybridized carbons (Fsp3) is 0.500. The molecule has 2 heterocycles. The minimum absolute atomic E-state index is 0. The van der Waals surface area contributed by atoms with Crippen LogP contribution in [0.15, 0.2) is 22.8 Å². The maximum atomic E-state index is 12.0. The van der Waals surface area contributed by atoms with Gasteiger partial charge in [0.1, 0.15) is 0 Å². The second-order valence-corrected chi connectivity index (χ2v) is 4.18. The summed E-state index contributed by atoms with van der Waals surface area (Å²) in [5.74, 6) is 0.313. The van der Waals surface area contributed by atoms with Crippen molar-refractivity contribution in [2.45, 2.75) is 0 Å². The molecule has 0 spiro atoms. The molecule has 19 heavy (non-hydrogen) atoms. The molecule has 0 saturated carbocycles. The van der Waals surface area contributed by atoms with Crippen LogP contribution >= 0.6 is 12.4 Å². The van der Waals surface area contributed by atoms with Crippen LogP contribution in [0.25, 0.3) is 0 Å². The van der Waals surface area contributed by atoms with E-state index in [2.05, 4.69) is 5.32 Å². The zero-order valence-corrected chi connectivity index (χ0v) is 11.6. The lowest BCUT2D eigenvalue weighted by atomic mass is 10.3. The Morgan fingerprint density at radius 3 is 2.42 bits per heavy atom. The van der Waals surface area contributed by atoms with Crippen LogP contribution in [0.3, 0.4) is 0 Å². The third kappa shape index (κ3) is 3.71. The first-order chi connectivity index (χ1) is 8.72. The quantitative estimate of drug-likeness (QED) is 0.863. The van der Waals surface area contributed by atoms with E-state index in [-0.39, 0.29) is 24.2 Å². The first kappa shape index (κ1) is 15.5. The summed E-state index contributed by atoms with van der Waals surface area (Å²) in [5, 5.41) is 2.83. The van der Waals surface area contributed by atoms with E-state index in [1.54, 1.807) is 29.0 Å². The topological polar surface area (TPSA) is 65.8 Å². The number of nitrogens with zero attached hydrogens (tertiary/aromatic N) is 2. The molecule has 1 aromatic rings. The third-order valence-corrected chi connectivity index (χ3v) is 2.98. The van der Waals surface area contributed by atoms with Gasteiger partial charge >= 0.3 is 0 Å². The van der Waals surface area contributed by atoms with Crippen molar-refractivity contribution in [3.8, 4) is 0 Å². The first-order valence-electron chi connectivity index (χ1n) is 5.97. The fourth-order valence-corrected chi connectivity index (χ4v) is 1.98.